The van der Waals surface area contributed by atoms with Crippen LogP contribution in [0, 0.1) is 5.82 Å². The lowest BCUT2D eigenvalue weighted by atomic mass is 9.85. The Labute approximate surface area is 234 Å². The number of pyridine rings is 1. The SMILES string of the molecule is CC1=C(C(=O)Cc2ccc3[nH]ncc3c2)C(c2ccc(F)c(C(=O)NCc3nccc4ccccc34)c2)NC(=O)C1. The van der Waals surface area contributed by atoms with E-state index in [9.17, 15) is 18.8 Å². The number of aromatic amines is 1. The van der Waals surface area contributed by atoms with Crippen molar-refractivity contribution in [3.05, 3.63) is 118 Å². The van der Waals surface area contributed by atoms with Gasteiger partial charge in [0.1, 0.15) is 5.82 Å². The number of rotatable bonds is 7. The van der Waals surface area contributed by atoms with Crippen LogP contribution in [-0.2, 0) is 22.6 Å². The molecule has 0 bridgehead atoms. The van der Waals surface area contributed by atoms with Crippen LogP contribution in [0.15, 0.2) is 90.3 Å². The molecule has 2 amide bonds. The highest BCUT2D eigenvalue weighted by molar-refractivity contribution is 6.02. The van der Waals surface area contributed by atoms with E-state index in [2.05, 4.69) is 25.8 Å². The maximum Gasteiger partial charge on any atom is 0.254 e. The number of Topliss-reactive ketones (excluding diaryl/α,β-unsaturated/α-hetero) is 1. The summed E-state index contributed by atoms with van der Waals surface area (Å²) in [5, 5.41) is 15.3. The largest absolute Gasteiger partial charge is 0.346 e. The number of fused-ring (bicyclic) bond motifs is 2. The Morgan fingerprint density at radius 3 is 2.78 bits per heavy atom. The molecule has 0 saturated heterocycles. The fourth-order valence-corrected chi connectivity index (χ4v) is 5.38. The third-order valence-corrected chi connectivity index (χ3v) is 7.39. The molecule has 41 heavy (non-hydrogen) atoms. The van der Waals surface area contributed by atoms with Gasteiger partial charge in [-0.1, -0.05) is 42.0 Å². The molecule has 0 aliphatic carbocycles. The molecule has 1 aliphatic heterocycles. The highest BCUT2D eigenvalue weighted by Gasteiger charge is 2.31. The standard InChI is InChI=1S/C32H26FN5O3/c1-18-12-29(40)37-31(30(18)28(39)14-19-6-9-26-22(13-19)16-36-38-26)21-7-8-25(33)24(15-21)32(41)35-17-27-23-5-3-2-4-20(23)10-11-34-27/h2-11,13,15-16,31H,12,14,17H2,1H3,(H,35,41)(H,36,38)(H,37,40). The van der Waals surface area contributed by atoms with Crippen LogP contribution in [0.3, 0.4) is 0 Å². The van der Waals surface area contributed by atoms with Gasteiger partial charge in [-0.25, -0.2) is 4.39 Å². The summed E-state index contributed by atoms with van der Waals surface area (Å²) < 4.78 is 14.9. The maximum absolute atomic E-state index is 14.9. The number of benzene rings is 3. The minimum Gasteiger partial charge on any atom is -0.346 e. The first-order chi connectivity index (χ1) is 19.9. The van der Waals surface area contributed by atoms with Crippen LogP contribution in [0.2, 0.25) is 0 Å². The van der Waals surface area contributed by atoms with Crippen LogP contribution in [0.5, 0.6) is 0 Å². The van der Waals surface area contributed by atoms with Gasteiger partial charge in [-0.05, 0) is 53.8 Å². The summed E-state index contributed by atoms with van der Waals surface area (Å²) in [7, 11) is 0. The van der Waals surface area contributed by atoms with Gasteiger partial charge in [0.15, 0.2) is 5.78 Å². The zero-order chi connectivity index (χ0) is 28.5. The van der Waals surface area contributed by atoms with Crippen molar-refractivity contribution in [1.29, 1.82) is 0 Å². The Balaban J connectivity index is 1.26. The number of nitrogens with one attached hydrogen (secondary N) is 3. The highest BCUT2D eigenvalue weighted by atomic mass is 19.1. The van der Waals surface area contributed by atoms with Crippen LogP contribution in [0.25, 0.3) is 21.7 Å². The van der Waals surface area contributed by atoms with Crippen molar-refractivity contribution in [3.63, 3.8) is 0 Å². The molecule has 8 nitrogen and oxygen atoms in total. The molecule has 5 aromatic rings. The number of hydrogen-bond donors (Lipinski definition) is 3. The second kappa shape index (κ2) is 10.8. The highest BCUT2D eigenvalue weighted by Crippen LogP contribution is 2.32. The van der Waals surface area contributed by atoms with E-state index in [1.807, 2.05) is 48.5 Å². The summed E-state index contributed by atoms with van der Waals surface area (Å²) in [5.74, 6) is -1.74. The molecule has 1 aliphatic rings. The number of carbonyl (C=O) groups excluding carboxylic acids is 3. The maximum atomic E-state index is 14.9. The minimum atomic E-state index is -0.812. The van der Waals surface area contributed by atoms with E-state index >= 15 is 0 Å². The minimum absolute atomic E-state index is 0.0882. The van der Waals surface area contributed by atoms with Gasteiger partial charge < -0.3 is 10.6 Å². The van der Waals surface area contributed by atoms with Gasteiger partial charge in [0.2, 0.25) is 5.91 Å². The smallest absolute Gasteiger partial charge is 0.254 e. The van der Waals surface area contributed by atoms with Crippen molar-refractivity contribution in [3.8, 4) is 0 Å². The summed E-state index contributed by atoms with van der Waals surface area (Å²) in [4.78, 5) is 43.6. The average molecular weight is 548 g/mol. The summed E-state index contributed by atoms with van der Waals surface area (Å²) in [6.45, 7) is 1.86. The van der Waals surface area contributed by atoms with Crippen molar-refractivity contribution in [1.82, 2.24) is 25.8 Å². The number of amides is 2. The molecule has 6 rings (SSSR count). The second-order valence-corrected chi connectivity index (χ2v) is 10.2. The van der Waals surface area contributed by atoms with E-state index < -0.39 is 17.8 Å². The summed E-state index contributed by atoms with van der Waals surface area (Å²) in [6.07, 6.45) is 3.56. The Morgan fingerprint density at radius 1 is 1.05 bits per heavy atom. The summed E-state index contributed by atoms with van der Waals surface area (Å²) in [6, 6.07) is 18.4. The molecule has 2 aromatic heterocycles. The van der Waals surface area contributed by atoms with Crippen LogP contribution in [0.1, 0.15) is 46.6 Å². The van der Waals surface area contributed by atoms with Crippen molar-refractivity contribution in [2.45, 2.75) is 32.4 Å². The Kier molecular flexibility index (Phi) is 6.84. The van der Waals surface area contributed by atoms with E-state index in [-0.39, 0.29) is 36.6 Å². The number of H-pyrrole nitrogens is 1. The van der Waals surface area contributed by atoms with Gasteiger partial charge >= 0.3 is 0 Å². The number of aromatic nitrogens is 3. The summed E-state index contributed by atoms with van der Waals surface area (Å²) in [5.41, 5.74) is 3.68. The van der Waals surface area contributed by atoms with E-state index in [0.717, 1.165) is 27.2 Å². The lowest BCUT2D eigenvalue weighted by molar-refractivity contribution is -0.121. The first-order valence-electron chi connectivity index (χ1n) is 13.2. The second-order valence-electron chi connectivity index (χ2n) is 10.2. The van der Waals surface area contributed by atoms with Crippen molar-refractivity contribution >= 4 is 39.3 Å². The molecule has 0 saturated carbocycles. The molecule has 1 atom stereocenters. The predicted octanol–water partition coefficient (Wildman–Crippen LogP) is 4.87. The average Bonchev–Trinajstić information content (AvgIpc) is 3.43. The van der Waals surface area contributed by atoms with Crippen LogP contribution in [0.4, 0.5) is 4.39 Å². The van der Waals surface area contributed by atoms with Gasteiger partial charge in [0.05, 0.1) is 35.6 Å². The van der Waals surface area contributed by atoms with Crippen molar-refractivity contribution < 1.29 is 18.8 Å². The quantitative estimate of drug-likeness (QED) is 0.269. The van der Waals surface area contributed by atoms with Crippen LogP contribution < -0.4 is 10.6 Å². The molecule has 204 valence electrons. The number of nitrogens with zero attached hydrogens (tertiary/aromatic N) is 2. The van der Waals surface area contributed by atoms with E-state index in [1.54, 1.807) is 19.3 Å². The molecule has 1 unspecified atom stereocenters. The van der Waals surface area contributed by atoms with Crippen molar-refractivity contribution in [2.75, 3.05) is 0 Å². The van der Waals surface area contributed by atoms with Gasteiger partial charge in [-0.3, -0.25) is 24.5 Å². The molecular formula is C32H26FN5O3. The first kappa shape index (κ1) is 26.1. The monoisotopic (exact) mass is 547 g/mol. The van der Waals surface area contributed by atoms with Gasteiger partial charge in [0.25, 0.3) is 5.91 Å². The number of hydrogen-bond acceptors (Lipinski definition) is 5. The zero-order valence-corrected chi connectivity index (χ0v) is 22.2. The van der Waals surface area contributed by atoms with Gasteiger partial charge in [-0.2, -0.15) is 5.10 Å². The Morgan fingerprint density at radius 2 is 1.90 bits per heavy atom. The van der Waals surface area contributed by atoms with E-state index in [4.69, 9.17) is 0 Å². The summed E-state index contributed by atoms with van der Waals surface area (Å²) >= 11 is 0. The fourth-order valence-electron chi connectivity index (χ4n) is 5.38. The number of carbonyl (C=O) groups is 3. The third-order valence-electron chi connectivity index (χ3n) is 7.39. The van der Waals surface area contributed by atoms with E-state index in [0.29, 0.717) is 22.4 Å². The van der Waals surface area contributed by atoms with Crippen molar-refractivity contribution in [2.24, 2.45) is 0 Å². The molecule has 3 N–H and O–H groups in total. The third kappa shape index (κ3) is 5.21. The molecule has 0 fully saturated rings. The molecule has 3 heterocycles. The lowest BCUT2D eigenvalue weighted by Crippen LogP contribution is -2.37. The fraction of sp³-hybridized carbons (Fsp3) is 0.156. The molecule has 0 spiro atoms. The molecule has 3 aromatic carbocycles. The predicted molar refractivity (Wildman–Crippen MR) is 152 cm³/mol. The van der Waals surface area contributed by atoms with E-state index in [1.165, 1.54) is 18.2 Å². The zero-order valence-electron chi connectivity index (χ0n) is 22.2. The van der Waals surface area contributed by atoms with Crippen LogP contribution >= 0.6 is 0 Å². The normalized spacial score (nSPS) is 15.3. The Hall–Kier alpha value is -5.18. The van der Waals surface area contributed by atoms with Crippen LogP contribution in [-0.4, -0.2) is 32.8 Å². The lowest BCUT2D eigenvalue weighted by Gasteiger charge is -2.28. The number of halogens is 1. The Bertz CT molecular complexity index is 1870. The first-order valence-corrected chi connectivity index (χ1v) is 13.2. The molecule has 9 heteroatoms. The molecule has 0 radical (unpaired) electrons. The van der Waals surface area contributed by atoms with Gasteiger partial charge in [0, 0.05) is 35.4 Å². The molecular weight excluding hydrogens is 521 g/mol. The number of ketones is 1. The topological polar surface area (TPSA) is 117 Å². The van der Waals surface area contributed by atoms with Gasteiger partial charge in [-0.15, -0.1) is 0 Å².